The van der Waals surface area contributed by atoms with Gasteiger partial charge in [0.1, 0.15) is 0 Å². The second kappa shape index (κ2) is 8.78. The highest BCUT2D eigenvalue weighted by molar-refractivity contribution is 7.99. The first-order valence-electron chi connectivity index (χ1n) is 6.91. The number of carbonyl (C=O) groups is 1. The van der Waals surface area contributed by atoms with Gasteiger partial charge in [-0.3, -0.25) is 9.78 Å². The molecule has 2 rings (SSSR count). The summed E-state index contributed by atoms with van der Waals surface area (Å²) in [6.07, 6.45) is 4.30. The molecule has 0 aliphatic rings. The molecular weight excluding hydrogens is 320 g/mol. The van der Waals surface area contributed by atoms with Crippen molar-refractivity contribution in [2.75, 3.05) is 17.7 Å². The summed E-state index contributed by atoms with van der Waals surface area (Å²) in [7, 11) is 0. The Bertz CT molecular complexity index is 637. The minimum absolute atomic E-state index is 0.112. The summed E-state index contributed by atoms with van der Waals surface area (Å²) < 4.78 is 0. The Morgan fingerprint density at radius 1 is 1.36 bits per heavy atom. The molecule has 1 aromatic heterocycles. The second-order valence-corrected chi connectivity index (χ2v) is 6.23. The van der Waals surface area contributed by atoms with Crippen molar-refractivity contribution in [3.63, 3.8) is 0 Å². The molecule has 0 radical (unpaired) electrons. The largest absolute Gasteiger partial charge is 0.396 e. The van der Waals surface area contributed by atoms with Gasteiger partial charge in [0.15, 0.2) is 0 Å². The number of hydrogen-bond donors (Lipinski definition) is 2. The molecule has 0 spiro atoms. The van der Waals surface area contributed by atoms with E-state index in [1.807, 2.05) is 18.2 Å². The maximum atomic E-state index is 12.1. The molecule has 0 unspecified atom stereocenters. The Morgan fingerprint density at radius 2 is 2.23 bits per heavy atom. The van der Waals surface area contributed by atoms with E-state index < -0.39 is 0 Å². The average Bonchev–Trinajstić information content (AvgIpc) is 2.49. The van der Waals surface area contributed by atoms with E-state index in [0.717, 1.165) is 16.2 Å². The summed E-state index contributed by atoms with van der Waals surface area (Å²) in [4.78, 5) is 17.1. The van der Waals surface area contributed by atoms with Crippen LogP contribution in [0.3, 0.4) is 0 Å². The molecule has 2 aromatic rings. The van der Waals surface area contributed by atoms with Crippen molar-refractivity contribution in [1.29, 1.82) is 0 Å². The summed E-state index contributed by atoms with van der Waals surface area (Å²) >= 11 is 7.51. The van der Waals surface area contributed by atoms with Crippen LogP contribution in [0.4, 0.5) is 5.69 Å². The van der Waals surface area contributed by atoms with Crippen molar-refractivity contribution in [2.45, 2.75) is 17.7 Å². The zero-order chi connectivity index (χ0) is 15.8. The quantitative estimate of drug-likeness (QED) is 0.601. The SMILES string of the molecule is O=C(Cc1cccc(Cl)c1)Nc1cnccc1SCCCO. The van der Waals surface area contributed by atoms with Crippen LogP contribution in [0.5, 0.6) is 0 Å². The van der Waals surface area contributed by atoms with Gasteiger partial charge in [-0.1, -0.05) is 23.7 Å². The number of nitrogens with one attached hydrogen (secondary N) is 1. The number of nitrogens with zero attached hydrogens (tertiary/aromatic N) is 1. The number of rotatable bonds is 7. The average molecular weight is 337 g/mol. The van der Waals surface area contributed by atoms with Crippen molar-refractivity contribution in [3.05, 3.63) is 53.3 Å². The molecule has 0 aliphatic heterocycles. The minimum Gasteiger partial charge on any atom is -0.396 e. The van der Waals surface area contributed by atoms with Gasteiger partial charge in [-0.25, -0.2) is 0 Å². The molecule has 1 heterocycles. The smallest absolute Gasteiger partial charge is 0.228 e. The molecule has 116 valence electrons. The Morgan fingerprint density at radius 3 is 3.00 bits per heavy atom. The summed E-state index contributed by atoms with van der Waals surface area (Å²) in [5.74, 6) is 0.678. The van der Waals surface area contributed by atoms with Gasteiger partial charge in [0.25, 0.3) is 0 Å². The number of hydrogen-bond acceptors (Lipinski definition) is 4. The van der Waals surface area contributed by atoms with Crippen LogP contribution in [0.15, 0.2) is 47.6 Å². The van der Waals surface area contributed by atoms with E-state index in [2.05, 4.69) is 10.3 Å². The Kier molecular flexibility index (Phi) is 6.71. The zero-order valence-corrected chi connectivity index (χ0v) is 13.5. The van der Waals surface area contributed by atoms with Crippen LogP contribution in [0.25, 0.3) is 0 Å². The lowest BCUT2D eigenvalue weighted by molar-refractivity contribution is -0.115. The lowest BCUT2D eigenvalue weighted by Crippen LogP contribution is -2.15. The molecule has 1 amide bonds. The van der Waals surface area contributed by atoms with E-state index in [4.69, 9.17) is 16.7 Å². The minimum atomic E-state index is -0.112. The number of aliphatic hydroxyl groups excluding tert-OH is 1. The fourth-order valence-electron chi connectivity index (χ4n) is 1.87. The van der Waals surface area contributed by atoms with E-state index in [1.165, 1.54) is 0 Å². The highest BCUT2D eigenvalue weighted by Crippen LogP contribution is 2.26. The molecule has 2 N–H and O–H groups in total. The maximum absolute atomic E-state index is 12.1. The Labute approximate surface area is 138 Å². The lowest BCUT2D eigenvalue weighted by Gasteiger charge is -2.10. The molecule has 1 aromatic carbocycles. The standard InChI is InChI=1S/C16H17ClN2O2S/c17-13-4-1-3-12(9-13)10-16(21)19-14-11-18-6-5-15(14)22-8-2-7-20/h1,3-6,9,11,20H,2,7-8,10H2,(H,19,21). The maximum Gasteiger partial charge on any atom is 0.228 e. The highest BCUT2D eigenvalue weighted by atomic mass is 35.5. The number of aromatic nitrogens is 1. The van der Waals surface area contributed by atoms with Gasteiger partial charge in [-0.05, 0) is 30.2 Å². The molecule has 0 aliphatic carbocycles. The fourth-order valence-corrected chi connectivity index (χ4v) is 3.00. The predicted molar refractivity (Wildman–Crippen MR) is 90.4 cm³/mol. The van der Waals surface area contributed by atoms with E-state index in [0.29, 0.717) is 17.1 Å². The number of aliphatic hydroxyl groups is 1. The van der Waals surface area contributed by atoms with Crippen LogP contribution in [-0.2, 0) is 11.2 Å². The molecule has 6 heteroatoms. The number of benzene rings is 1. The number of halogens is 1. The van der Waals surface area contributed by atoms with Crippen molar-refractivity contribution in [1.82, 2.24) is 4.98 Å². The molecular formula is C16H17ClN2O2S. The zero-order valence-electron chi connectivity index (χ0n) is 12.0. The number of carbonyl (C=O) groups excluding carboxylic acids is 1. The number of amides is 1. The van der Waals surface area contributed by atoms with Crippen LogP contribution in [0.1, 0.15) is 12.0 Å². The Balaban J connectivity index is 1.99. The third-order valence-corrected chi connectivity index (χ3v) is 4.26. The normalized spacial score (nSPS) is 10.5. The van der Waals surface area contributed by atoms with Crippen molar-refractivity contribution < 1.29 is 9.90 Å². The van der Waals surface area contributed by atoms with Crippen LogP contribution in [-0.4, -0.2) is 28.4 Å². The summed E-state index contributed by atoms with van der Waals surface area (Å²) in [5, 5.41) is 12.3. The van der Waals surface area contributed by atoms with E-state index in [-0.39, 0.29) is 18.9 Å². The van der Waals surface area contributed by atoms with Crippen LogP contribution < -0.4 is 5.32 Å². The number of pyridine rings is 1. The molecule has 0 saturated heterocycles. The molecule has 0 saturated carbocycles. The first-order chi connectivity index (χ1) is 10.7. The Hall–Kier alpha value is -1.56. The van der Waals surface area contributed by atoms with E-state index in [9.17, 15) is 4.79 Å². The first kappa shape index (κ1) is 16.8. The highest BCUT2D eigenvalue weighted by Gasteiger charge is 2.08. The summed E-state index contributed by atoms with van der Waals surface area (Å²) in [6.45, 7) is 0.161. The van der Waals surface area contributed by atoms with Gasteiger partial charge in [0.05, 0.1) is 18.3 Å². The summed E-state index contributed by atoms with van der Waals surface area (Å²) in [6, 6.07) is 9.11. The number of anilines is 1. The third-order valence-electron chi connectivity index (χ3n) is 2.87. The van der Waals surface area contributed by atoms with Gasteiger partial charge in [-0.15, -0.1) is 11.8 Å². The first-order valence-corrected chi connectivity index (χ1v) is 8.27. The molecule has 4 nitrogen and oxygen atoms in total. The van der Waals surface area contributed by atoms with E-state index >= 15 is 0 Å². The molecule has 0 bridgehead atoms. The van der Waals surface area contributed by atoms with Crippen LogP contribution in [0.2, 0.25) is 5.02 Å². The monoisotopic (exact) mass is 336 g/mol. The molecule has 22 heavy (non-hydrogen) atoms. The van der Waals surface area contributed by atoms with Gasteiger partial charge < -0.3 is 10.4 Å². The van der Waals surface area contributed by atoms with Gasteiger partial charge in [0.2, 0.25) is 5.91 Å². The third kappa shape index (κ3) is 5.33. The van der Waals surface area contributed by atoms with Gasteiger partial charge >= 0.3 is 0 Å². The molecule has 0 fully saturated rings. The van der Waals surface area contributed by atoms with Gasteiger partial charge in [0, 0.05) is 28.5 Å². The van der Waals surface area contributed by atoms with Crippen molar-refractivity contribution >= 4 is 35.0 Å². The van der Waals surface area contributed by atoms with Crippen molar-refractivity contribution in [3.8, 4) is 0 Å². The van der Waals surface area contributed by atoms with Crippen molar-refractivity contribution in [2.24, 2.45) is 0 Å². The fraction of sp³-hybridized carbons (Fsp3) is 0.250. The topological polar surface area (TPSA) is 62.2 Å². The van der Waals surface area contributed by atoms with Crippen LogP contribution in [0, 0.1) is 0 Å². The lowest BCUT2D eigenvalue weighted by atomic mass is 10.1. The summed E-state index contributed by atoms with van der Waals surface area (Å²) in [5.41, 5.74) is 1.56. The van der Waals surface area contributed by atoms with Crippen LogP contribution >= 0.6 is 23.4 Å². The second-order valence-electron chi connectivity index (χ2n) is 4.65. The number of thioether (sulfide) groups is 1. The van der Waals surface area contributed by atoms with E-state index in [1.54, 1.807) is 36.3 Å². The predicted octanol–water partition coefficient (Wildman–Crippen LogP) is 3.39. The van der Waals surface area contributed by atoms with Gasteiger partial charge in [-0.2, -0.15) is 0 Å². The molecule has 0 atom stereocenters.